The maximum atomic E-state index is 5.08. The van der Waals surface area contributed by atoms with E-state index in [-0.39, 0.29) is 0 Å². The third kappa shape index (κ3) is 4.11. The summed E-state index contributed by atoms with van der Waals surface area (Å²) in [6.45, 7) is 3.05. The molecule has 80 valence electrons. The van der Waals surface area contributed by atoms with Gasteiger partial charge in [-0.1, -0.05) is 12.1 Å². The summed E-state index contributed by atoms with van der Waals surface area (Å²) in [6, 6.07) is 0. The number of hydrogen-bond donors (Lipinski definition) is 1. The van der Waals surface area contributed by atoms with E-state index < -0.39 is 0 Å². The van der Waals surface area contributed by atoms with Crippen LogP contribution >= 0.6 is 11.8 Å². The van der Waals surface area contributed by atoms with Crippen LogP contribution in [0, 0.1) is 0 Å². The molecule has 0 aliphatic carbocycles. The van der Waals surface area contributed by atoms with Gasteiger partial charge in [0, 0.05) is 13.0 Å². The van der Waals surface area contributed by atoms with Gasteiger partial charge in [0.25, 0.3) is 0 Å². The summed E-state index contributed by atoms with van der Waals surface area (Å²) in [6.07, 6.45) is 2.00. The molecule has 1 aromatic rings. The van der Waals surface area contributed by atoms with E-state index in [1.807, 2.05) is 18.8 Å². The Hall–Kier alpha value is -0.550. The fourth-order valence-corrected chi connectivity index (χ4v) is 1.72. The van der Waals surface area contributed by atoms with Crippen molar-refractivity contribution in [2.75, 3.05) is 19.3 Å². The molecule has 0 aliphatic heterocycles. The van der Waals surface area contributed by atoms with E-state index in [9.17, 15) is 0 Å². The highest BCUT2D eigenvalue weighted by Gasteiger charge is 2.04. The number of thioether (sulfide) groups is 1. The maximum absolute atomic E-state index is 5.08. The normalized spacial score (nSPS) is 10.7. The number of hydrogen-bond acceptors (Lipinski definition) is 5. The van der Waals surface area contributed by atoms with Crippen molar-refractivity contribution in [2.45, 2.75) is 25.5 Å². The Balaban J connectivity index is 2.27. The summed E-state index contributed by atoms with van der Waals surface area (Å²) in [4.78, 5) is 4.28. The van der Waals surface area contributed by atoms with Crippen LogP contribution in [-0.2, 0) is 12.2 Å². The average Bonchev–Trinajstić information content (AvgIpc) is 2.63. The van der Waals surface area contributed by atoms with Crippen molar-refractivity contribution in [3.63, 3.8) is 0 Å². The molecule has 0 saturated heterocycles. The summed E-state index contributed by atoms with van der Waals surface area (Å²) >= 11 is 1.84. The molecule has 0 amide bonds. The van der Waals surface area contributed by atoms with E-state index in [2.05, 4.69) is 22.4 Å². The number of nitrogens with one attached hydrogen (secondary N) is 1. The first-order valence-electron chi connectivity index (χ1n) is 4.90. The van der Waals surface area contributed by atoms with Crippen LogP contribution in [0.5, 0.6) is 0 Å². The molecule has 0 saturated carbocycles. The first-order chi connectivity index (χ1) is 6.86. The zero-order valence-corrected chi connectivity index (χ0v) is 9.56. The van der Waals surface area contributed by atoms with E-state index in [1.165, 1.54) is 6.42 Å². The first kappa shape index (κ1) is 11.5. The summed E-state index contributed by atoms with van der Waals surface area (Å²) in [5.41, 5.74) is 0. The lowest BCUT2D eigenvalue weighted by molar-refractivity contribution is 0.373. The van der Waals surface area contributed by atoms with Crippen LogP contribution in [0.4, 0.5) is 0 Å². The summed E-state index contributed by atoms with van der Waals surface area (Å²) in [5.74, 6) is 3.55. The van der Waals surface area contributed by atoms with Crippen LogP contribution in [0.3, 0.4) is 0 Å². The zero-order chi connectivity index (χ0) is 10.2. The highest BCUT2D eigenvalue weighted by Crippen LogP contribution is 2.10. The zero-order valence-electron chi connectivity index (χ0n) is 8.75. The van der Waals surface area contributed by atoms with Crippen molar-refractivity contribution >= 4 is 11.8 Å². The minimum atomic E-state index is 0.728. The highest BCUT2D eigenvalue weighted by molar-refractivity contribution is 7.98. The first-order valence-corrected chi connectivity index (χ1v) is 6.06. The van der Waals surface area contributed by atoms with Crippen LogP contribution in [0.2, 0.25) is 0 Å². The molecular weight excluding hydrogens is 198 g/mol. The molecule has 4 nitrogen and oxygen atoms in total. The molecule has 0 atom stereocenters. The van der Waals surface area contributed by atoms with Crippen LogP contribution in [0.15, 0.2) is 4.52 Å². The monoisotopic (exact) mass is 215 g/mol. The van der Waals surface area contributed by atoms with E-state index in [0.717, 1.165) is 36.2 Å². The van der Waals surface area contributed by atoms with Gasteiger partial charge in [0.1, 0.15) is 0 Å². The maximum Gasteiger partial charge on any atom is 0.227 e. The molecule has 1 heterocycles. The van der Waals surface area contributed by atoms with Crippen molar-refractivity contribution in [1.29, 1.82) is 0 Å². The predicted octanol–water partition coefficient (Wildman–Crippen LogP) is 1.47. The van der Waals surface area contributed by atoms with Gasteiger partial charge in [0.2, 0.25) is 5.89 Å². The quantitative estimate of drug-likeness (QED) is 0.698. The van der Waals surface area contributed by atoms with E-state index in [4.69, 9.17) is 4.52 Å². The standard InChI is InChI=1S/C9H17N3OS/c1-3-6-14-7-8-11-9(13-12-8)4-5-10-2/h10H,3-7H2,1-2H3. The van der Waals surface area contributed by atoms with Gasteiger partial charge in [0.05, 0.1) is 5.75 Å². The third-order valence-electron chi connectivity index (χ3n) is 1.68. The molecule has 0 fully saturated rings. The minimum Gasteiger partial charge on any atom is -0.339 e. The van der Waals surface area contributed by atoms with Gasteiger partial charge in [-0.25, -0.2) is 0 Å². The second-order valence-corrected chi connectivity index (χ2v) is 4.12. The van der Waals surface area contributed by atoms with Gasteiger partial charge < -0.3 is 9.84 Å². The van der Waals surface area contributed by atoms with Crippen LogP contribution in [-0.4, -0.2) is 29.5 Å². The summed E-state index contributed by atoms with van der Waals surface area (Å²) < 4.78 is 5.08. The number of nitrogens with zero attached hydrogens (tertiary/aromatic N) is 2. The molecule has 0 unspecified atom stereocenters. The van der Waals surface area contributed by atoms with Crippen LogP contribution in [0.25, 0.3) is 0 Å². The molecule has 0 aromatic carbocycles. The Morgan fingerprint density at radius 1 is 1.50 bits per heavy atom. The Morgan fingerprint density at radius 2 is 2.36 bits per heavy atom. The molecule has 5 heteroatoms. The minimum absolute atomic E-state index is 0.728. The van der Waals surface area contributed by atoms with Gasteiger partial charge >= 0.3 is 0 Å². The van der Waals surface area contributed by atoms with Crippen molar-refractivity contribution in [3.05, 3.63) is 11.7 Å². The van der Waals surface area contributed by atoms with Crippen molar-refractivity contribution in [3.8, 4) is 0 Å². The van der Waals surface area contributed by atoms with Crippen molar-refractivity contribution < 1.29 is 4.52 Å². The second kappa shape index (κ2) is 6.84. The summed E-state index contributed by atoms with van der Waals surface area (Å²) in [7, 11) is 1.91. The molecule has 1 aromatic heterocycles. The number of aromatic nitrogens is 2. The number of rotatable bonds is 7. The SMILES string of the molecule is CCCSCc1noc(CCNC)n1. The molecule has 0 spiro atoms. The molecular formula is C9H17N3OS. The molecule has 0 radical (unpaired) electrons. The van der Waals surface area contributed by atoms with E-state index >= 15 is 0 Å². The third-order valence-corrected chi connectivity index (χ3v) is 2.84. The molecule has 14 heavy (non-hydrogen) atoms. The highest BCUT2D eigenvalue weighted by atomic mass is 32.2. The summed E-state index contributed by atoms with van der Waals surface area (Å²) in [5, 5.41) is 6.95. The molecule has 0 aliphatic rings. The molecule has 0 bridgehead atoms. The fraction of sp³-hybridized carbons (Fsp3) is 0.778. The molecule has 1 N–H and O–H groups in total. The van der Waals surface area contributed by atoms with Crippen molar-refractivity contribution in [1.82, 2.24) is 15.5 Å². The van der Waals surface area contributed by atoms with Crippen molar-refractivity contribution in [2.24, 2.45) is 0 Å². The second-order valence-electron chi connectivity index (χ2n) is 3.01. The molecule has 1 rings (SSSR count). The van der Waals surface area contributed by atoms with Gasteiger partial charge in [-0.05, 0) is 19.2 Å². The Labute approximate surface area is 88.8 Å². The Kier molecular flexibility index (Phi) is 5.63. The Morgan fingerprint density at radius 3 is 3.07 bits per heavy atom. The smallest absolute Gasteiger partial charge is 0.227 e. The predicted molar refractivity (Wildman–Crippen MR) is 58.4 cm³/mol. The van der Waals surface area contributed by atoms with Gasteiger partial charge in [-0.2, -0.15) is 16.7 Å². The van der Waals surface area contributed by atoms with Gasteiger partial charge in [-0.3, -0.25) is 0 Å². The lowest BCUT2D eigenvalue weighted by Gasteiger charge is -1.92. The van der Waals surface area contributed by atoms with Gasteiger partial charge in [0.15, 0.2) is 5.82 Å². The lowest BCUT2D eigenvalue weighted by Crippen LogP contribution is -2.10. The fourth-order valence-electron chi connectivity index (χ4n) is 0.990. The topological polar surface area (TPSA) is 51.0 Å². The Bertz CT molecular complexity index is 252. The van der Waals surface area contributed by atoms with E-state index in [1.54, 1.807) is 0 Å². The largest absolute Gasteiger partial charge is 0.339 e. The average molecular weight is 215 g/mol. The van der Waals surface area contributed by atoms with Crippen LogP contribution < -0.4 is 5.32 Å². The lowest BCUT2D eigenvalue weighted by atomic mass is 10.4. The van der Waals surface area contributed by atoms with Gasteiger partial charge in [-0.15, -0.1) is 0 Å². The van der Waals surface area contributed by atoms with E-state index in [0.29, 0.717) is 0 Å². The number of likely N-dealkylation sites (N-methyl/N-ethyl adjacent to an activating group) is 1. The van der Waals surface area contributed by atoms with Crippen LogP contribution in [0.1, 0.15) is 25.1 Å².